The van der Waals surface area contributed by atoms with Crippen LogP contribution in [0.4, 0.5) is 4.39 Å². The molecule has 0 aliphatic carbocycles. The summed E-state index contributed by atoms with van der Waals surface area (Å²) >= 11 is 0. The Hall–Kier alpha value is -1.40. The van der Waals surface area contributed by atoms with Gasteiger partial charge in [-0.1, -0.05) is 13.0 Å². The number of nitrogens with zero attached hydrogens (tertiary/aromatic N) is 1. The number of hydrogen-bond donors (Lipinski definition) is 2. The number of carbonyl (C=O) groups excluding carboxylic acids is 1. The molecule has 0 spiro atoms. The van der Waals surface area contributed by atoms with E-state index in [9.17, 15) is 9.18 Å². The Bertz CT molecular complexity index is 481. The third-order valence-electron chi connectivity index (χ3n) is 3.47. The van der Waals surface area contributed by atoms with Gasteiger partial charge < -0.3 is 14.9 Å². The van der Waals surface area contributed by atoms with Crippen LogP contribution in [-0.2, 0) is 0 Å². The Morgan fingerprint density at radius 1 is 1.47 bits per heavy atom. The highest BCUT2D eigenvalue weighted by Crippen LogP contribution is 2.18. The Morgan fingerprint density at radius 3 is 2.79 bits per heavy atom. The summed E-state index contributed by atoms with van der Waals surface area (Å²) in [4.78, 5) is 13.9. The summed E-state index contributed by atoms with van der Waals surface area (Å²) in [5.74, 6) is -0.615. The first kappa shape index (κ1) is 14.0. The Labute approximate surface area is 112 Å². The molecule has 1 aliphatic rings. The van der Waals surface area contributed by atoms with Gasteiger partial charge in [-0.15, -0.1) is 0 Å². The van der Waals surface area contributed by atoms with E-state index in [4.69, 9.17) is 10.0 Å². The minimum atomic E-state index is -1.73. The summed E-state index contributed by atoms with van der Waals surface area (Å²) in [5.41, 5.74) is 0.0274. The molecule has 0 bridgehead atoms. The van der Waals surface area contributed by atoms with E-state index in [1.165, 1.54) is 12.1 Å². The van der Waals surface area contributed by atoms with E-state index in [2.05, 4.69) is 6.92 Å². The van der Waals surface area contributed by atoms with Gasteiger partial charge in [0.25, 0.3) is 5.91 Å². The average Bonchev–Trinajstić information content (AvgIpc) is 2.37. The van der Waals surface area contributed by atoms with Gasteiger partial charge in [0.15, 0.2) is 0 Å². The van der Waals surface area contributed by atoms with Gasteiger partial charge in [-0.3, -0.25) is 4.79 Å². The number of piperidine rings is 1. The summed E-state index contributed by atoms with van der Waals surface area (Å²) in [7, 11) is -1.73. The number of hydrogen-bond acceptors (Lipinski definition) is 3. The van der Waals surface area contributed by atoms with Crippen molar-refractivity contribution in [1.82, 2.24) is 4.90 Å². The van der Waals surface area contributed by atoms with Crippen molar-refractivity contribution in [2.45, 2.75) is 19.8 Å². The molecule has 1 aliphatic heterocycles. The third kappa shape index (κ3) is 3.14. The molecule has 6 heteroatoms. The number of halogens is 1. The molecule has 0 radical (unpaired) electrons. The van der Waals surface area contributed by atoms with Crippen LogP contribution < -0.4 is 5.46 Å². The number of amides is 1. The van der Waals surface area contributed by atoms with E-state index in [0.29, 0.717) is 19.0 Å². The van der Waals surface area contributed by atoms with Crippen LogP contribution in [0.25, 0.3) is 0 Å². The summed E-state index contributed by atoms with van der Waals surface area (Å²) in [6.07, 6.45) is 2.02. The second-order valence-corrected chi connectivity index (χ2v) is 5.11. The minimum Gasteiger partial charge on any atom is -0.423 e. The second-order valence-electron chi connectivity index (χ2n) is 5.11. The molecular formula is C13H17BFNO3. The number of rotatable bonds is 2. The normalized spacial score (nSPS) is 19.4. The van der Waals surface area contributed by atoms with Crippen molar-refractivity contribution in [3.63, 3.8) is 0 Å². The van der Waals surface area contributed by atoms with Gasteiger partial charge in [-0.25, -0.2) is 4.39 Å². The summed E-state index contributed by atoms with van der Waals surface area (Å²) in [6, 6.07) is 3.66. The van der Waals surface area contributed by atoms with Crippen LogP contribution in [0.15, 0.2) is 18.2 Å². The maximum absolute atomic E-state index is 13.8. The maximum atomic E-state index is 13.8. The van der Waals surface area contributed by atoms with E-state index in [0.717, 1.165) is 18.9 Å². The van der Waals surface area contributed by atoms with Gasteiger partial charge in [-0.2, -0.15) is 0 Å². The predicted molar refractivity (Wildman–Crippen MR) is 70.5 cm³/mol. The highest BCUT2D eigenvalue weighted by atomic mass is 19.1. The van der Waals surface area contributed by atoms with Crippen LogP contribution in [0.3, 0.4) is 0 Å². The van der Waals surface area contributed by atoms with Gasteiger partial charge in [0.1, 0.15) is 5.82 Å². The minimum absolute atomic E-state index is 0.0153. The van der Waals surface area contributed by atoms with Crippen LogP contribution >= 0.6 is 0 Å². The fourth-order valence-corrected chi connectivity index (χ4v) is 2.41. The fraction of sp³-hybridized carbons (Fsp3) is 0.462. The number of carbonyl (C=O) groups is 1. The molecule has 2 rings (SSSR count). The molecule has 102 valence electrons. The zero-order valence-corrected chi connectivity index (χ0v) is 10.8. The van der Waals surface area contributed by atoms with Gasteiger partial charge in [-0.05, 0) is 36.4 Å². The molecule has 2 N–H and O–H groups in total. The standard InChI is InChI=1S/C13H17BFNO3/c1-9-3-2-6-16(8-9)13(17)11-5-4-10(14(18)19)7-12(11)15/h4-5,7,9,18-19H,2-3,6,8H2,1H3. The molecular weight excluding hydrogens is 248 g/mol. The number of benzene rings is 1. The topological polar surface area (TPSA) is 60.8 Å². The second kappa shape index (κ2) is 5.71. The molecule has 1 amide bonds. The molecule has 1 aromatic rings. The Morgan fingerprint density at radius 2 is 2.21 bits per heavy atom. The van der Waals surface area contributed by atoms with Crippen LogP contribution in [0.5, 0.6) is 0 Å². The molecule has 1 atom stereocenters. The van der Waals surface area contributed by atoms with Crippen molar-refractivity contribution in [1.29, 1.82) is 0 Å². The SMILES string of the molecule is CC1CCCN(C(=O)c2ccc(B(O)O)cc2F)C1. The van der Waals surface area contributed by atoms with Crippen LogP contribution in [0.1, 0.15) is 30.1 Å². The first-order valence-corrected chi connectivity index (χ1v) is 6.44. The van der Waals surface area contributed by atoms with Gasteiger partial charge in [0, 0.05) is 13.1 Å². The Balaban J connectivity index is 2.19. The zero-order valence-electron chi connectivity index (χ0n) is 10.8. The smallest absolute Gasteiger partial charge is 0.423 e. The average molecular weight is 265 g/mol. The van der Waals surface area contributed by atoms with Crippen LogP contribution in [0.2, 0.25) is 0 Å². The molecule has 0 aromatic heterocycles. The molecule has 4 nitrogen and oxygen atoms in total. The first-order valence-electron chi connectivity index (χ1n) is 6.44. The molecule has 19 heavy (non-hydrogen) atoms. The van der Waals surface area contributed by atoms with Gasteiger partial charge >= 0.3 is 7.12 Å². The van der Waals surface area contributed by atoms with Crippen LogP contribution in [-0.4, -0.2) is 41.1 Å². The van der Waals surface area contributed by atoms with Crippen molar-refractivity contribution in [3.05, 3.63) is 29.6 Å². The summed E-state index contributed by atoms with van der Waals surface area (Å²) < 4.78 is 13.8. The van der Waals surface area contributed by atoms with Gasteiger partial charge in [0.05, 0.1) is 5.56 Å². The fourth-order valence-electron chi connectivity index (χ4n) is 2.41. The molecule has 1 saturated heterocycles. The lowest BCUT2D eigenvalue weighted by Crippen LogP contribution is -2.40. The van der Waals surface area contributed by atoms with Crippen molar-refractivity contribution in [2.75, 3.05) is 13.1 Å². The monoisotopic (exact) mass is 265 g/mol. The van der Waals surface area contributed by atoms with Crippen molar-refractivity contribution in [2.24, 2.45) is 5.92 Å². The highest BCUT2D eigenvalue weighted by molar-refractivity contribution is 6.58. The van der Waals surface area contributed by atoms with E-state index in [1.807, 2.05) is 0 Å². The summed E-state index contributed by atoms with van der Waals surface area (Å²) in [5, 5.41) is 17.9. The largest absolute Gasteiger partial charge is 0.488 e. The predicted octanol–water partition coefficient (Wildman–Crippen LogP) is 0.378. The highest BCUT2D eigenvalue weighted by Gasteiger charge is 2.25. The summed E-state index contributed by atoms with van der Waals surface area (Å²) in [6.45, 7) is 3.36. The first-order chi connectivity index (χ1) is 8.99. The van der Waals surface area contributed by atoms with E-state index in [1.54, 1.807) is 4.90 Å². The van der Waals surface area contributed by atoms with E-state index < -0.39 is 12.9 Å². The van der Waals surface area contributed by atoms with Crippen LogP contribution in [0, 0.1) is 11.7 Å². The third-order valence-corrected chi connectivity index (χ3v) is 3.47. The maximum Gasteiger partial charge on any atom is 0.488 e. The molecule has 1 aromatic carbocycles. The Kier molecular flexibility index (Phi) is 4.22. The quantitative estimate of drug-likeness (QED) is 0.760. The lowest BCUT2D eigenvalue weighted by atomic mass is 9.80. The lowest BCUT2D eigenvalue weighted by molar-refractivity contribution is 0.0678. The van der Waals surface area contributed by atoms with E-state index in [-0.39, 0.29) is 16.9 Å². The molecule has 1 unspecified atom stereocenters. The molecule has 0 saturated carbocycles. The lowest BCUT2D eigenvalue weighted by Gasteiger charge is -2.31. The van der Waals surface area contributed by atoms with Crippen molar-refractivity contribution < 1.29 is 19.2 Å². The van der Waals surface area contributed by atoms with E-state index >= 15 is 0 Å². The number of likely N-dealkylation sites (tertiary alicyclic amines) is 1. The van der Waals surface area contributed by atoms with Crippen molar-refractivity contribution >= 4 is 18.5 Å². The zero-order chi connectivity index (χ0) is 14.0. The molecule has 1 heterocycles. The van der Waals surface area contributed by atoms with Gasteiger partial charge in [0.2, 0.25) is 0 Å². The van der Waals surface area contributed by atoms with Crippen molar-refractivity contribution in [3.8, 4) is 0 Å². The molecule has 1 fully saturated rings.